The third-order valence-electron chi connectivity index (χ3n) is 2.93. The van der Waals surface area contributed by atoms with E-state index in [1.807, 2.05) is 0 Å². The molecule has 0 radical (unpaired) electrons. The minimum absolute atomic E-state index is 0.122. The predicted molar refractivity (Wildman–Crippen MR) is 85.0 cm³/mol. The Kier molecular flexibility index (Phi) is 5.01. The van der Waals surface area contributed by atoms with Crippen LogP contribution in [-0.2, 0) is 11.3 Å². The molecule has 0 atom stereocenters. The van der Waals surface area contributed by atoms with Crippen molar-refractivity contribution in [1.82, 2.24) is 5.32 Å². The maximum Gasteiger partial charge on any atom is 0.255 e. The Balaban J connectivity index is 1.99. The molecule has 2 aromatic rings. The molecule has 0 aliphatic heterocycles. The average Bonchev–Trinajstić information content (AvgIpc) is 2.48. The van der Waals surface area contributed by atoms with E-state index in [1.165, 1.54) is 25.1 Å². The molecule has 0 saturated heterocycles. The van der Waals surface area contributed by atoms with E-state index in [-0.39, 0.29) is 17.2 Å². The molecule has 114 valence electrons. The topological polar surface area (TPSA) is 78.4 Å². The number of benzene rings is 2. The second kappa shape index (κ2) is 6.95. The van der Waals surface area contributed by atoms with Crippen LogP contribution in [0.3, 0.4) is 0 Å². The number of nitrogens with one attached hydrogen (secondary N) is 2. The van der Waals surface area contributed by atoms with E-state index in [0.717, 1.165) is 5.56 Å². The zero-order valence-electron chi connectivity index (χ0n) is 11.9. The number of carbonyl (C=O) groups excluding carboxylic acids is 2. The third kappa shape index (κ3) is 4.23. The van der Waals surface area contributed by atoms with Gasteiger partial charge in [-0.2, -0.15) is 0 Å². The SMILES string of the molecule is CC(=O)Nc1ccc(CNC(=O)c2cc(Cl)ccc2O)cc1. The molecule has 0 bridgehead atoms. The van der Waals surface area contributed by atoms with Crippen LogP contribution in [0.4, 0.5) is 5.69 Å². The standard InChI is InChI=1S/C16H15ClN2O3/c1-10(20)19-13-5-2-11(3-6-13)9-18-16(22)14-8-12(17)4-7-15(14)21/h2-8,21H,9H2,1H3,(H,18,22)(H,19,20). The Labute approximate surface area is 132 Å². The number of rotatable bonds is 4. The van der Waals surface area contributed by atoms with Crippen LogP contribution in [0.15, 0.2) is 42.5 Å². The second-order valence-corrected chi connectivity index (χ2v) is 5.16. The molecule has 0 saturated carbocycles. The molecule has 2 amide bonds. The zero-order valence-corrected chi connectivity index (χ0v) is 12.6. The summed E-state index contributed by atoms with van der Waals surface area (Å²) >= 11 is 5.81. The highest BCUT2D eigenvalue weighted by Crippen LogP contribution is 2.21. The summed E-state index contributed by atoms with van der Waals surface area (Å²) in [4.78, 5) is 22.9. The lowest BCUT2D eigenvalue weighted by molar-refractivity contribution is -0.114. The van der Waals surface area contributed by atoms with E-state index in [2.05, 4.69) is 10.6 Å². The van der Waals surface area contributed by atoms with E-state index in [4.69, 9.17) is 11.6 Å². The number of hydrogen-bond acceptors (Lipinski definition) is 3. The van der Waals surface area contributed by atoms with Gasteiger partial charge in [-0.25, -0.2) is 0 Å². The number of phenols is 1. The van der Waals surface area contributed by atoms with E-state index < -0.39 is 5.91 Å². The van der Waals surface area contributed by atoms with Gasteiger partial charge in [0.1, 0.15) is 5.75 Å². The van der Waals surface area contributed by atoms with Crippen LogP contribution in [0.2, 0.25) is 5.02 Å². The van der Waals surface area contributed by atoms with Crippen molar-refractivity contribution in [3.8, 4) is 5.75 Å². The summed E-state index contributed by atoms with van der Waals surface area (Å²) in [5, 5.41) is 15.4. The summed E-state index contributed by atoms with van der Waals surface area (Å²) < 4.78 is 0. The second-order valence-electron chi connectivity index (χ2n) is 4.72. The number of aromatic hydroxyl groups is 1. The summed E-state index contributed by atoms with van der Waals surface area (Å²) in [6.45, 7) is 1.73. The number of amides is 2. The molecule has 22 heavy (non-hydrogen) atoms. The molecule has 2 aromatic carbocycles. The fraction of sp³-hybridized carbons (Fsp3) is 0.125. The van der Waals surface area contributed by atoms with Crippen molar-refractivity contribution in [2.45, 2.75) is 13.5 Å². The van der Waals surface area contributed by atoms with Crippen molar-refractivity contribution < 1.29 is 14.7 Å². The molecule has 3 N–H and O–H groups in total. The van der Waals surface area contributed by atoms with Crippen LogP contribution in [0, 0.1) is 0 Å². The largest absolute Gasteiger partial charge is 0.507 e. The highest BCUT2D eigenvalue weighted by atomic mass is 35.5. The Bertz CT molecular complexity index is 699. The smallest absolute Gasteiger partial charge is 0.255 e. The summed E-state index contributed by atoms with van der Waals surface area (Å²) in [6.07, 6.45) is 0. The molecule has 0 heterocycles. The Morgan fingerprint density at radius 2 is 1.82 bits per heavy atom. The van der Waals surface area contributed by atoms with E-state index in [1.54, 1.807) is 24.3 Å². The lowest BCUT2D eigenvalue weighted by Gasteiger charge is -2.08. The van der Waals surface area contributed by atoms with E-state index in [9.17, 15) is 14.7 Å². The fourth-order valence-electron chi connectivity index (χ4n) is 1.88. The van der Waals surface area contributed by atoms with Crippen LogP contribution in [0.5, 0.6) is 5.75 Å². The lowest BCUT2D eigenvalue weighted by Crippen LogP contribution is -2.22. The van der Waals surface area contributed by atoms with Crippen molar-refractivity contribution in [2.75, 3.05) is 5.32 Å². The van der Waals surface area contributed by atoms with Gasteiger partial charge in [-0.15, -0.1) is 0 Å². The summed E-state index contributed by atoms with van der Waals surface area (Å²) in [6, 6.07) is 11.4. The number of hydrogen-bond donors (Lipinski definition) is 3. The summed E-state index contributed by atoms with van der Waals surface area (Å²) in [5.41, 5.74) is 1.68. The van der Waals surface area contributed by atoms with Crippen LogP contribution in [0.25, 0.3) is 0 Å². The molecular weight excluding hydrogens is 304 g/mol. The van der Waals surface area contributed by atoms with Gasteiger partial charge in [-0.1, -0.05) is 23.7 Å². The molecule has 0 aliphatic rings. The molecule has 0 aliphatic carbocycles. The average molecular weight is 319 g/mol. The Hall–Kier alpha value is -2.53. The molecule has 6 heteroatoms. The number of halogens is 1. The molecule has 0 unspecified atom stereocenters. The minimum atomic E-state index is -0.411. The van der Waals surface area contributed by atoms with Crippen molar-refractivity contribution in [3.05, 3.63) is 58.6 Å². The predicted octanol–water partition coefficient (Wildman–Crippen LogP) is 2.93. The van der Waals surface area contributed by atoms with Gasteiger partial charge in [-0.05, 0) is 35.9 Å². The number of anilines is 1. The summed E-state index contributed by atoms with van der Waals surface area (Å²) in [7, 11) is 0. The number of phenolic OH excluding ortho intramolecular Hbond substituents is 1. The van der Waals surface area contributed by atoms with Crippen LogP contribution >= 0.6 is 11.6 Å². The van der Waals surface area contributed by atoms with Crippen molar-refractivity contribution >= 4 is 29.1 Å². The van der Waals surface area contributed by atoms with Crippen LogP contribution in [0.1, 0.15) is 22.8 Å². The third-order valence-corrected chi connectivity index (χ3v) is 3.17. The maximum atomic E-state index is 12.0. The van der Waals surface area contributed by atoms with Gasteiger partial charge in [0.15, 0.2) is 0 Å². The van der Waals surface area contributed by atoms with E-state index >= 15 is 0 Å². The van der Waals surface area contributed by atoms with Gasteiger partial charge in [0.05, 0.1) is 5.56 Å². The first-order valence-electron chi connectivity index (χ1n) is 6.59. The Morgan fingerprint density at radius 1 is 1.14 bits per heavy atom. The minimum Gasteiger partial charge on any atom is -0.507 e. The van der Waals surface area contributed by atoms with Crippen molar-refractivity contribution in [3.63, 3.8) is 0 Å². The van der Waals surface area contributed by atoms with Crippen molar-refractivity contribution in [1.29, 1.82) is 0 Å². The molecular formula is C16H15ClN2O3. The maximum absolute atomic E-state index is 12.0. The van der Waals surface area contributed by atoms with Crippen LogP contribution in [-0.4, -0.2) is 16.9 Å². The normalized spacial score (nSPS) is 10.1. The highest BCUT2D eigenvalue weighted by molar-refractivity contribution is 6.31. The monoisotopic (exact) mass is 318 g/mol. The molecule has 5 nitrogen and oxygen atoms in total. The first kappa shape index (κ1) is 15.9. The number of carbonyl (C=O) groups is 2. The van der Waals surface area contributed by atoms with Crippen molar-refractivity contribution in [2.24, 2.45) is 0 Å². The lowest BCUT2D eigenvalue weighted by atomic mass is 10.1. The van der Waals surface area contributed by atoms with E-state index in [0.29, 0.717) is 17.3 Å². The summed E-state index contributed by atoms with van der Waals surface area (Å²) in [5.74, 6) is -0.675. The van der Waals surface area contributed by atoms with Gasteiger partial charge < -0.3 is 15.7 Å². The zero-order chi connectivity index (χ0) is 16.1. The van der Waals surface area contributed by atoms with Gasteiger partial charge >= 0.3 is 0 Å². The highest BCUT2D eigenvalue weighted by Gasteiger charge is 2.11. The molecule has 2 rings (SSSR count). The van der Waals surface area contributed by atoms with Gasteiger partial charge in [-0.3, -0.25) is 9.59 Å². The van der Waals surface area contributed by atoms with Crippen LogP contribution < -0.4 is 10.6 Å². The Morgan fingerprint density at radius 3 is 2.45 bits per heavy atom. The van der Waals surface area contributed by atoms with Gasteiger partial charge in [0, 0.05) is 24.2 Å². The first-order chi connectivity index (χ1) is 10.5. The fourth-order valence-corrected chi connectivity index (χ4v) is 2.05. The molecule has 0 fully saturated rings. The van der Waals surface area contributed by atoms with Gasteiger partial charge in [0.2, 0.25) is 5.91 Å². The molecule has 0 spiro atoms. The van der Waals surface area contributed by atoms with Gasteiger partial charge in [0.25, 0.3) is 5.91 Å². The quantitative estimate of drug-likeness (QED) is 0.811. The first-order valence-corrected chi connectivity index (χ1v) is 6.97. The molecule has 0 aromatic heterocycles.